The van der Waals surface area contributed by atoms with Gasteiger partial charge in [-0.1, -0.05) is 0 Å². The van der Waals surface area contributed by atoms with Crippen molar-refractivity contribution in [1.29, 1.82) is 0 Å². The summed E-state index contributed by atoms with van der Waals surface area (Å²) < 4.78 is 40.3. The summed E-state index contributed by atoms with van der Waals surface area (Å²) in [7, 11) is 0. The van der Waals surface area contributed by atoms with Crippen molar-refractivity contribution in [2.75, 3.05) is 18.0 Å². The quantitative estimate of drug-likeness (QED) is 0.469. The van der Waals surface area contributed by atoms with E-state index in [0.717, 1.165) is 15.9 Å². The number of halogens is 3. The van der Waals surface area contributed by atoms with Crippen LogP contribution < -0.4 is 4.90 Å². The second-order valence-electron chi connectivity index (χ2n) is 10.1. The summed E-state index contributed by atoms with van der Waals surface area (Å²) in [6.07, 6.45) is -0.440. The fourth-order valence-corrected chi connectivity index (χ4v) is 4.95. The molecule has 0 radical (unpaired) electrons. The Labute approximate surface area is 192 Å². The number of carbonyl (C=O) groups excluding carboxylic acids is 1. The van der Waals surface area contributed by atoms with E-state index in [1.165, 1.54) is 0 Å². The first-order chi connectivity index (χ1) is 14.2. The highest BCUT2D eigenvalue weighted by atomic mass is 79.9. The number of carbonyl (C=O) groups is 1. The molecule has 1 aromatic heterocycles. The van der Waals surface area contributed by atoms with E-state index < -0.39 is 29.0 Å². The molecule has 31 heavy (non-hydrogen) atoms. The van der Waals surface area contributed by atoms with E-state index in [1.54, 1.807) is 13.8 Å². The molecule has 174 valence electrons. The maximum Gasteiger partial charge on any atom is 0.340 e. The molecule has 1 saturated carbocycles. The molecule has 0 unspecified atom stereocenters. The summed E-state index contributed by atoms with van der Waals surface area (Å²) in [5.41, 5.74) is 1.41. The maximum atomic E-state index is 13.9. The van der Waals surface area contributed by atoms with Gasteiger partial charge in [0.15, 0.2) is 6.10 Å². The van der Waals surface area contributed by atoms with Gasteiger partial charge >= 0.3 is 5.97 Å². The molecule has 3 rings (SSSR count). The smallest absolute Gasteiger partial charge is 0.340 e. The van der Waals surface area contributed by atoms with Crippen molar-refractivity contribution in [3.63, 3.8) is 0 Å². The van der Waals surface area contributed by atoms with Crippen LogP contribution in [0, 0.1) is 19.3 Å². The normalized spacial score (nSPS) is 20.8. The molecule has 2 aliphatic rings. The first-order valence-corrected chi connectivity index (χ1v) is 11.6. The van der Waals surface area contributed by atoms with Crippen molar-refractivity contribution in [1.82, 2.24) is 4.98 Å². The van der Waals surface area contributed by atoms with E-state index in [9.17, 15) is 13.6 Å². The fourth-order valence-electron chi connectivity index (χ4n) is 4.40. The van der Waals surface area contributed by atoms with E-state index >= 15 is 0 Å². The van der Waals surface area contributed by atoms with Crippen molar-refractivity contribution >= 4 is 27.6 Å². The van der Waals surface area contributed by atoms with Crippen molar-refractivity contribution in [3.8, 4) is 0 Å². The molecule has 0 aromatic carbocycles. The number of aromatic nitrogens is 1. The van der Waals surface area contributed by atoms with Gasteiger partial charge in [-0.2, -0.15) is 0 Å². The lowest BCUT2D eigenvalue weighted by Gasteiger charge is -2.38. The van der Waals surface area contributed by atoms with Gasteiger partial charge in [-0.15, -0.1) is 0 Å². The van der Waals surface area contributed by atoms with Gasteiger partial charge in [0.05, 0.1) is 27.6 Å². The molecule has 8 heteroatoms. The van der Waals surface area contributed by atoms with Gasteiger partial charge in [-0.05, 0) is 77.2 Å². The van der Waals surface area contributed by atoms with Gasteiger partial charge < -0.3 is 14.4 Å². The number of anilines is 1. The number of aryl methyl sites for hydroxylation is 2. The minimum absolute atomic E-state index is 0.0211. The standard InChI is InChI=1S/C23H33BrF2N2O3/c1-13(2)30-20(29)19(31-21(5,6)7)16-14(3)27-15(4)17(24)18(16)28-10-8-22(9-11-28)12-23(22,25)26/h13,19H,8-12H2,1-7H3/t19-/m0/s1. The van der Waals surface area contributed by atoms with Crippen LogP contribution in [0.15, 0.2) is 4.47 Å². The lowest BCUT2D eigenvalue weighted by atomic mass is 9.91. The summed E-state index contributed by atoms with van der Waals surface area (Å²) in [6.45, 7) is 14.0. The van der Waals surface area contributed by atoms with Gasteiger partial charge in [0.25, 0.3) is 5.92 Å². The maximum absolute atomic E-state index is 13.9. The minimum atomic E-state index is -2.55. The Morgan fingerprint density at radius 1 is 1.16 bits per heavy atom. The number of hydrogen-bond acceptors (Lipinski definition) is 5. The molecule has 1 spiro atoms. The van der Waals surface area contributed by atoms with Crippen LogP contribution in [0.3, 0.4) is 0 Å². The van der Waals surface area contributed by atoms with Crippen molar-refractivity contribution in [2.45, 2.75) is 91.5 Å². The van der Waals surface area contributed by atoms with Gasteiger partial charge in [-0.25, -0.2) is 13.6 Å². The van der Waals surface area contributed by atoms with Crippen molar-refractivity contribution in [2.24, 2.45) is 5.41 Å². The predicted octanol–water partition coefficient (Wildman–Crippen LogP) is 5.89. The molecule has 1 aliphatic heterocycles. The zero-order valence-electron chi connectivity index (χ0n) is 19.4. The summed E-state index contributed by atoms with van der Waals surface area (Å²) in [4.78, 5) is 19.8. The van der Waals surface area contributed by atoms with E-state index in [-0.39, 0.29) is 12.5 Å². The number of piperidine rings is 1. The average molecular weight is 503 g/mol. The van der Waals surface area contributed by atoms with Crippen LogP contribution in [-0.4, -0.2) is 41.7 Å². The number of alkyl halides is 2. The molecule has 0 amide bonds. The third-order valence-electron chi connectivity index (χ3n) is 6.05. The number of ether oxygens (including phenoxy) is 2. The van der Waals surface area contributed by atoms with E-state index in [2.05, 4.69) is 25.8 Å². The minimum Gasteiger partial charge on any atom is -0.461 e. The lowest BCUT2D eigenvalue weighted by Crippen LogP contribution is -2.39. The molecular weight excluding hydrogens is 470 g/mol. The molecular formula is C23H33BrF2N2O3. The predicted molar refractivity (Wildman–Crippen MR) is 120 cm³/mol. The van der Waals surface area contributed by atoms with Crippen molar-refractivity contribution < 1.29 is 23.0 Å². The molecule has 1 saturated heterocycles. The van der Waals surface area contributed by atoms with Crippen LogP contribution >= 0.6 is 15.9 Å². The number of hydrogen-bond donors (Lipinski definition) is 0. The largest absolute Gasteiger partial charge is 0.461 e. The zero-order chi connectivity index (χ0) is 23.4. The highest BCUT2D eigenvalue weighted by Crippen LogP contribution is 2.66. The molecule has 1 atom stereocenters. The molecule has 0 N–H and O–H groups in total. The van der Waals surface area contributed by atoms with Gasteiger partial charge in [-0.3, -0.25) is 4.98 Å². The number of pyridine rings is 1. The Bertz CT molecular complexity index is 859. The first kappa shape index (κ1) is 24.4. The van der Waals surface area contributed by atoms with Crippen molar-refractivity contribution in [3.05, 3.63) is 21.4 Å². The average Bonchev–Trinajstić information content (AvgIpc) is 3.15. The molecule has 2 heterocycles. The first-order valence-electron chi connectivity index (χ1n) is 10.9. The monoisotopic (exact) mass is 502 g/mol. The second-order valence-corrected chi connectivity index (χ2v) is 10.9. The fraction of sp³-hybridized carbons (Fsp3) is 0.739. The highest BCUT2D eigenvalue weighted by molar-refractivity contribution is 9.10. The zero-order valence-corrected chi connectivity index (χ0v) is 21.0. The Balaban J connectivity index is 2.04. The summed E-state index contributed by atoms with van der Waals surface area (Å²) >= 11 is 3.66. The van der Waals surface area contributed by atoms with Crippen LogP contribution in [0.1, 0.15) is 76.9 Å². The Morgan fingerprint density at radius 3 is 2.16 bits per heavy atom. The van der Waals surface area contributed by atoms with E-state index in [4.69, 9.17) is 9.47 Å². The Morgan fingerprint density at radius 2 is 1.71 bits per heavy atom. The molecule has 5 nitrogen and oxygen atoms in total. The Hall–Kier alpha value is -1.28. The van der Waals surface area contributed by atoms with Gasteiger partial charge in [0.2, 0.25) is 0 Å². The summed E-state index contributed by atoms with van der Waals surface area (Å²) in [5, 5.41) is 0. The number of esters is 1. The second kappa shape index (κ2) is 8.25. The van der Waals surface area contributed by atoms with Crippen LogP contribution in [0.25, 0.3) is 0 Å². The SMILES string of the molecule is Cc1nc(C)c([C@H](OC(C)(C)C)C(=O)OC(C)C)c(N2CCC3(CC2)CC3(F)F)c1Br. The topological polar surface area (TPSA) is 51.7 Å². The molecule has 2 fully saturated rings. The van der Waals surface area contributed by atoms with Crippen LogP contribution in [0.2, 0.25) is 0 Å². The lowest BCUT2D eigenvalue weighted by molar-refractivity contribution is -0.171. The van der Waals surface area contributed by atoms with Gasteiger partial charge in [0, 0.05) is 36.2 Å². The van der Waals surface area contributed by atoms with E-state index in [0.29, 0.717) is 37.2 Å². The summed E-state index contributed by atoms with van der Waals surface area (Å²) in [5.74, 6) is -3.03. The van der Waals surface area contributed by atoms with Crippen LogP contribution in [-0.2, 0) is 14.3 Å². The third-order valence-corrected chi connectivity index (χ3v) is 7.00. The molecule has 0 bridgehead atoms. The van der Waals surface area contributed by atoms with Crippen LogP contribution in [0.4, 0.5) is 14.5 Å². The molecule has 1 aliphatic carbocycles. The molecule has 1 aromatic rings. The van der Waals surface area contributed by atoms with Crippen LogP contribution in [0.5, 0.6) is 0 Å². The Kier molecular flexibility index (Phi) is 6.48. The number of rotatable bonds is 5. The summed E-state index contributed by atoms with van der Waals surface area (Å²) in [6, 6.07) is 0. The third kappa shape index (κ3) is 4.90. The highest BCUT2D eigenvalue weighted by Gasteiger charge is 2.70. The van der Waals surface area contributed by atoms with Gasteiger partial charge in [0.1, 0.15) is 0 Å². The number of nitrogens with zero attached hydrogens (tertiary/aromatic N) is 2. The van der Waals surface area contributed by atoms with E-state index in [1.807, 2.05) is 34.6 Å².